The van der Waals surface area contributed by atoms with E-state index >= 15 is 0 Å². The van der Waals surface area contributed by atoms with Crippen molar-refractivity contribution in [3.8, 4) is 0 Å². The Morgan fingerprint density at radius 3 is 1.23 bits per heavy atom. The monoisotopic (exact) mass is 912 g/mol. The molecule has 0 spiro atoms. The van der Waals surface area contributed by atoms with Crippen LogP contribution in [0.5, 0.6) is 0 Å². The maximum absolute atomic E-state index is 13.1. The van der Waals surface area contributed by atoms with Crippen molar-refractivity contribution in [2.24, 2.45) is 0 Å². The number of hydrogen-bond acceptors (Lipinski definition) is 10. The van der Waals surface area contributed by atoms with Gasteiger partial charge in [-0.25, -0.2) is 0 Å². The van der Waals surface area contributed by atoms with Crippen LogP contribution in [0.2, 0.25) is 10.0 Å². The van der Waals surface area contributed by atoms with E-state index in [1.807, 2.05) is 0 Å². The molecule has 0 aliphatic carbocycles. The number of ether oxygens (including phenoxy) is 2. The van der Waals surface area contributed by atoms with Crippen LogP contribution in [0.25, 0.3) is 0 Å². The average molecular weight is 914 g/mol. The van der Waals surface area contributed by atoms with E-state index < -0.39 is 70.2 Å². The first kappa shape index (κ1) is 50.9. The van der Waals surface area contributed by atoms with Gasteiger partial charge in [0.15, 0.2) is 11.6 Å². The van der Waals surface area contributed by atoms with Gasteiger partial charge in [-0.05, 0) is 116 Å². The SMILES string of the molecule is C[C@H](Nc1cc(C(F)(F)F)cc(C(F)(F)F)c1)C(=O)c1ccccc1NCC(=O)OC(C)(C)C.C[C@H](Nc1cc(Cl)cc(Cl)c1)C(=O)c1ccccc1NCC(=O)OC(C)(C)C. The molecule has 0 heterocycles. The summed E-state index contributed by atoms with van der Waals surface area (Å²) in [5, 5.41) is 12.2. The fraction of sp³-hybridized carbons (Fsp3) is 0.364. The quantitative estimate of drug-likeness (QED) is 0.0550. The number of esters is 2. The van der Waals surface area contributed by atoms with Crippen molar-refractivity contribution >= 4 is 69.5 Å². The Kier molecular flexibility index (Phi) is 17.3. The van der Waals surface area contributed by atoms with Crippen molar-refractivity contribution in [3.63, 3.8) is 0 Å². The topological polar surface area (TPSA) is 135 Å². The molecule has 0 amide bonds. The number of benzene rings is 4. The lowest BCUT2D eigenvalue weighted by Gasteiger charge is -2.21. The molecule has 0 aliphatic rings. The lowest BCUT2D eigenvalue weighted by Crippen LogP contribution is -2.30. The molecule has 10 nitrogen and oxygen atoms in total. The number of carbonyl (C=O) groups is 4. The van der Waals surface area contributed by atoms with Crippen molar-refractivity contribution in [1.29, 1.82) is 0 Å². The second-order valence-corrected chi connectivity index (χ2v) is 16.8. The molecule has 0 radical (unpaired) electrons. The highest BCUT2D eigenvalue weighted by atomic mass is 35.5. The van der Waals surface area contributed by atoms with Gasteiger partial charge in [0, 0.05) is 43.9 Å². The molecule has 0 unspecified atom stereocenters. The molecular weight excluding hydrogens is 865 g/mol. The molecule has 4 aromatic rings. The summed E-state index contributed by atoms with van der Waals surface area (Å²) in [6, 6.07) is 17.4. The molecule has 336 valence electrons. The molecule has 0 saturated heterocycles. The molecule has 0 aromatic heterocycles. The predicted octanol–water partition coefficient (Wildman–Crippen LogP) is 11.6. The van der Waals surface area contributed by atoms with Crippen molar-refractivity contribution in [1.82, 2.24) is 0 Å². The zero-order valence-corrected chi connectivity index (χ0v) is 36.6. The Hall–Kier alpha value is -5.48. The Bertz CT molecular complexity index is 2170. The van der Waals surface area contributed by atoms with E-state index in [1.165, 1.54) is 25.1 Å². The molecule has 4 rings (SSSR count). The minimum atomic E-state index is -5.01. The summed E-state index contributed by atoms with van der Waals surface area (Å²) in [6.07, 6.45) is -10.0. The number of halogens is 8. The van der Waals surface area contributed by atoms with Crippen LogP contribution < -0.4 is 21.3 Å². The second kappa shape index (κ2) is 21.1. The van der Waals surface area contributed by atoms with Crippen LogP contribution in [0.15, 0.2) is 84.9 Å². The highest BCUT2D eigenvalue weighted by Gasteiger charge is 2.37. The first-order valence-corrected chi connectivity index (χ1v) is 19.7. The molecule has 2 atom stereocenters. The van der Waals surface area contributed by atoms with Gasteiger partial charge >= 0.3 is 24.3 Å². The van der Waals surface area contributed by atoms with Crippen molar-refractivity contribution in [3.05, 3.63) is 117 Å². The molecule has 18 heteroatoms. The molecule has 4 aromatic carbocycles. The van der Waals surface area contributed by atoms with Gasteiger partial charge in [0.1, 0.15) is 24.3 Å². The second-order valence-electron chi connectivity index (χ2n) is 15.9. The first-order chi connectivity index (χ1) is 28.5. The van der Waals surface area contributed by atoms with Gasteiger partial charge in [-0.1, -0.05) is 47.5 Å². The number of anilines is 4. The fourth-order valence-electron chi connectivity index (χ4n) is 5.57. The van der Waals surface area contributed by atoms with Gasteiger partial charge in [-0.2, -0.15) is 26.3 Å². The van der Waals surface area contributed by atoms with Gasteiger partial charge in [0.25, 0.3) is 0 Å². The first-order valence-electron chi connectivity index (χ1n) is 19.0. The largest absolute Gasteiger partial charge is 0.459 e. The maximum Gasteiger partial charge on any atom is 0.416 e. The van der Waals surface area contributed by atoms with E-state index in [-0.39, 0.29) is 36.2 Å². The van der Waals surface area contributed by atoms with Gasteiger partial charge < -0.3 is 30.7 Å². The van der Waals surface area contributed by atoms with Gasteiger partial charge in [0.2, 0.25) is 0 Å². The maximum atomic E-state index is 13.1. The number of ketones is 2. The van der Waals surface area contributed by atoms with Crippen LogP contribution in [-0.4, -0.2) is 59.9 Å². The standard InChI is InChI=1S/C23H24F6N2O3.C21H24Cl2N2O3/c1-13(31-16-10-14(22(24,25)26)9-15(11-16)23(27,28)29)20(33)17-7-5-6-8-18(17)30-12-19(32)34-21(2,3)4;1-13(25-16-10-14(22)9-15(23)11-16)20(27)17-7-5-6-8-18(17)24-12-19(26)28-21(2,3)4/h5-11,13,30-31H,12H2,1-4H3;5-11,13,24-25H,12H2,1-4H3/t2*13-/m00/s1. The third-order valence-corrected chi connectivity index (χ3v) is 8.51. The number of para-hydroxylation sites is 2. The fourth-order valence-corrected chi connectivity index (χ4v) is 6.09. The van der Waals surface area contributed by atoms with E-state index in [0.29, 0.717) is 39.1 Å². The van der Waals surface area contributed by atoms with E-state index in [2.05, 4.69) is 21.3 Å². The lowest BCUT2D eigenvalue weighted by atomic mass is 10.0. The predicted molar refractivity (Wildman–Crippen MR) is 229 cm³/mol. The average Bonchev–Trinajstić information content (AvgIpc) is 3.13. The number of rotatable bonds is 14. The smallest absolute Gasteiger partial charge is 0.416 e. The van der Waals surface area contributed by atoms with Gasteiger partial charge in [-0.3, -0.25) is 19.2 Å². The van der Waals surface area contributed by atoms with Crippen molar-refractivity contribution in [2.45, 2.75) is 91.0 Å². The van der Waals surface area contributed by atoms with Gasteiger partial charge in [0.05, 0.1) is 23.2 Å². The minimum Gasteiger partial charge on any atom is -0.459 e. The molecule has 0 saturated carbocycles. The zero-order valence-electron chi connectivity index (χ0n) is 35.1. The number of carbonyl (C=O) groups excluding carboxylic acids is 4. The third-order valence-electron chi connectivity index (χ3n) is 8.07. The Morgan fingerprint density at radius 1 is 0.548 bits per heavy atom. The summed E-state index contributed by atoms with van der Waals surface area (Å²) in [4.78, 5) is 49.8. The summed E-state index contributed by atoms with van der Waals surface area (Å²) in [5.74, 6) is -1.72. The third kappa shape index (κ3) is 16.8. The number of Topliss-reactive ketones (excluding diaryl/α,β-unsaturated/α-hetero) is 2. The van der Waals surface area contributed by atoms with Crippen LogP contribution in [0.4, 0.5) is 49.1 Å². The minimum absolute atomic E-state index is 0.00750. The van der Waals surface area contributed by atoms with E-state index in [1.54, 1.807) is 97.0 Å². The van der Waals surface area contributed by atoms with Crippen LogP contribution in [0, 0.1) is 0 Å². The summed E-state index contributed by atoms with van der Waals surface area (Å²) >= 11 is 12.0. The van der Waals surface area contributed by atoms with E-state index in [0.717, 1.165) is 0 Å². The summed E-state index contributed by atoms with van der Waals surface area (Å²) in [5.41, 5.74) is -2.75. The zero-order chi connectivity index (χ0) is 46.8. The normalized spacial score (nSPS) is 12.8. The van der Waals surface area contributed by atoms with Crippen LogP contribution in [0.3, 0.4) is 0 Å². The Morgan fingerprint density at radius 2 is 0.887 bits per heavy atom. The highest BCUT2D eigenvalue weighted by molar-refractivity contribution is 6.35. The summed E-state index contributed by atoms with van der Waals surface area (Å²) in [7, 11) is 0. The van der Waals surface area contributed by atoms with Crippen molar-refractivity contribution in [2.75, 3.05) is 34.4 Å². The molecule has 62 heavy (non-hydrogen) atoms. The van der Waals surface area contributed by atoms with Gasteiger partial charge in [-0.15, -0.1) is 0 Å². The molecular formula is C44H48Cl2F6N4O6. The molecule has 0 fully saturated rings. The number of nitrogens with one attached hydrogen (secondary N) is 4. The lowest BCUT2D eigenvalue weighted by molar-refractivity contribution is -0.153. The van der Waals surface area contributed by atoms with E-state index in [4.69, 9.17) is 32.7 Å². The highest BCUT2D eigenvalue weighted by Crippen LogP contribution is 2.38. The van der Waals surface area contributed by atoms with Crippen LogP contribution >= 0.6 is 23.2 Å². The van der Waals surface area contributed by atoms with Crippen LogP contribution in [-0.2, 0) is 31.4 Å². The number of hydrogen-bond donors (Lipinski definition) is 4. The van der Waals surface area contributed by atoms with Crippen LogP contribution in [0.1, 0.15) is 87.2 Å². The summed E-state index contributed by atoms with van der Waals surface area (Å²) < 4.78 is 89.0. The van der Waals surface area contributed by atoms with Crippen molar-refractivity contribution < 1.29 is 55.0 Å². The molecule has 4 N–H and O–H groups in total. The summed E-state index contributed by atoms with van der Waals surface area (Å²) in [6.45, 7) is 13.2. The molecule has 0 aliphatic heterocycles. The van der Waals surface area contributed by atoms with E-state index in [9.17, 15) is 45.5 Å². The molecule has 0 bridgehead atoms. The Labute approximate surface area is 366 Å². The number of alkyl halides is 6. The Balaban J connectivity index is 0.000000336.